The van der Waals surface area contributed by atoms with E-state index < -0.39 is 0 Å². The van der Waals surface area contributed by atoms with Gasteiger partial charge in [-0.05, 0) is 50.3 Å². The molecule has 1 saturated heterocycles. The van der Waals surface area contributed by atoms with Crippen LogP contribution < -0.4 is 10.6 Å². The number of aryl methyl sites for hydroxylation is 1. The van der Waals surface area contributed by atoms with Crippen LogP contribution in [-0.2, 0) is 12.8 Å². The number of rotatable bonds is 4. The summed E-state index contributed by atoms with van der Waals surface area (Å²) in [7, 11) is 0. The normalized spacial score (nSPS) is 21.7. The van der Waals surface area contributed by atoms with Crippen molar-refractivity contribution in [1.29, 1.82) is 0 Å². The van der Waals surface area contributed by atoms with Gasteiger partial charge in [-0.2, -0.15) is 0 Å². The number of anilines is 2. The molecule has 6 heteroatoms. The average molecular weight is 344 g/mol. The van der Waals surface area contributed by atoms with E-state index in [1.165, 1.54) is 36.4 Å². The number of thiazole rings is 1. The molecule has 1 atom stereocenters. The molecule has 1 aliphatic heterocycles. The molecule has 4 rings (SSSR count). The molecule has 0 aromatic carbocycles. The Balaban J connectivity index is 1.24. The van der Waals surface area contributed by atoms with E-state index in [1.54, 1.807) is 11.3 Å². The highest BCUT2D eigenvalue weighted by molar-refractivity contribution is 7.15. The van der Waals surface area contributed by atoms with Gasteiger partial charge < -0.3 is 10.6 Å². The molecule has 0 amide bonds. The number of aromatic nitrogens is 2. The van der Waals surface area contributed by atoms with Crippen LogP contribution in [0.25, 0.3) is 0 Å². The van der Waals surface area contributed by atoms with E-state index in [9.17, 15) is 0 Å². The zero-order chi connectivity index (χ0) is 16.4. The summed E-state index contributed by atoms with van der Waals surface area (Å²) in [5.41, 5.74) is 7.11. The molecule has 0 spiro atoms. The third kappa shape index (κ3) is 3.54. The second-order valence-corrected chi connectivity index (χ2v) is 7.95. The van der Waals surface area contributed by atoms with Crippen LogP contribution in [-0.4, -0.2) is 47.6 Å². The molecule has 0 saturated carbocycles. The van der Waals surface area contributed by atoms with E-state index >= 15 is 0 Å². The molecule has 0 bridgehead atoms. The Labute approximate surface area is 147 Å². The summed E-state index contributed by atoms with van der Waals surface area (Å²) in [6.07, 6.45) is 6.73. The predicted molar refractivity (Wildman–Crippen MR) is 99.5 cm³/mol. The second-order valence-electron chi connectivity index (χ2n) is 6.84. The predicted octanol–water partition coefficient (Wildman–Crippen LogP) is 2.44. The highest BCUT2D eigenvalue weighted by atomic mass is 32.1. The van der Waals surface area contributed by atoms with Crippen LogP contribution >= 0.6 is 11.3 Å². The number of nitrogen functional groups attached to an aromatic ring is 1. The Morgan fingerprint density at radius 3 is 2.88 bits per heavy atom. The minimum absolute atomic E-state index is 0.742. The van der Waals surface area contributed by atoms with Gasteiger partial charge in [0.25, 0.3) is 0 Å². The molecule has 128 valence electrons. The van der Waals surface area contributed by atoms with Gasteiger partial charge in [0, 0.05) is 37.3 Å². The molecule has 5 nitrogen and oxygen atoms in total. The van der Waals surface area contributed by atoms with E-state index in [-0.39, 0.29) is 0 Å². The van der Waals surface area contributed by atoms with Crippen molar-refractivity contribution in [2.24, 2.45) is 5.92 Å². The van der Waals surface area contributed by atoms with Gasteiger partial charge in [0.1, 0.15) is 5.82 Å². The molecule has 1 fully saturated rings. The van der Waals surface area contributed by atoms with Crippen LogP contribution in [0.2, 0.25) is 0 Å². The molecule has 1 unspecified atom stereocenters. The minimum Gasteiger partial charge on any atom is -0.375 e. The fraction of sp³-hybridized carbons (Fsp3) is 0.556. The molecular formula is C18H25N5S. The zero-order valence-corrected chi connectivity index (χ0v) is 14.8. The lowest BCUT2D eigenvalue weighted by molar-refractivity contribution is 0.232. The highest BCUT2D eigenvalue weighted by Crippen LogP contribution is 2.32. The molecule has 2 aromatic rings. The van der Waals surface area contributed by atoms with Crippen molar-refractivity contribution in [2.45, 2.75) is 25.7 Å². The first-order chi connectivity index (χ1) is 11.8. The third-order valence-electron chi connectivity index (χ3n) is 5.26. The number of hydrogen-bond acceptors (Lipinski definition) is 6. The van der Waals surface area contributed by atoms with Crippen molar-refractivity contribution >= 4 is 22.3 Å². The average Bonchev–Trinajstić information content (AvgIpc) is 3.00. The van der Waals surface area contributed by atoms with E-state index in [0.29, 0.717) is 0 Å². The maximum atomic E-state index is 5.85. The Bertz CT molecular complexity index is 663. The van der Waals surface area contributed by atoms with Crippen molar-refractivity contribution in [3.05, 3.63) is 35.0 Å². The van der Waals surface area contributed by atoms with Crippen molar-refractivity contribution in [3.8, 4) is 0 Å². The topological polar surface area (TPSA) is 58.3 Å². The Hall–Kier alpha value is -1.66. The maximum Gasteiger partial charge on any atom is 0.180 e. The van der Waals surface area contributed by atoms with Crippen LogP contribution in [0.5, 0.6) is 0 Å². The molecule has 1 aliphatic carbocycles. The summed E-state index contributed by atoms with van der Waals surface area (Å²) in [6, 6.07) is 6.15. The summed E-state index contributed by atoms with van der Waals surface area (Å²) in [5, 5.41) is 0.742. The molecular weight excluding hydrogens is 318 g/mol. The van der Waals surface area contributed by atoms with Crippen molar-refractivity contribution in [3.63, 3.8) is 0 Å². The smallest absolute Gasteiger partial charge is 0.180 e. The summed E-state index contributed by atoms with van der Waals surface area (Å²) in [4.78, 5) is 15.3. The third-order valence-corrected chi connectivity index (χ3v) is 6.21. The molecule has 24 heavy (non-hydrogen) atoms. The number of pyridine rings is 1. The summed E-state index contributed by atoms with van der Waals surface area (Å²) >= 11 is 1.69. The van der Waals surface area contributed by atoms with Crippen LogP contribution in [0.4, 0.5) is 10.9 Å². The van der Waals surface area contributed by atoms with Crippen molar-refractivity contribution in [1.82, 2.24) is 14.9 Å². The lowest BCUT2D eigenvalue weighted by atomic mass is 9.88. The minimum atomic E-state index is 0.742. The van der Waals surface area contributed by atoms with Gasteiger partial charge in [-0.3, -0.25) is 4.90 Å². The van der Waals surface area contributed by atoms with Crippen LogP contribution in [0.15, 0.2) is 24.4 Å². The Kier molecular flexibility index (Phi) is 4.67. The van der Waals surface area contributed by atoms with Crippen LogP contribution in [0.3, 0.4) is 0 Å². The number of hydrogen-bond donors (Lipinski definition) is 1. The number of fused-ring (bicyclic) bond motifs is 1. The Morgan fingerprint density at radius 1 is 1.21 bits per heavy atom. The lowest BCUT2D eigenvalue weighted by Crippen LogP contribution is -2.47. The number of piperazine rings is 1. The first-order valence-corrected chi connectivity index (χ1v) is 9.72. The zero-order valence-electron chi connectivity index (χ0n) is 14.0. The molecule has 2 aliphatic rings. The molecule has 2 aromatic heterocycles. The van der Waals surface area contributed by atoms with E-state index in [0.717, 1.165) is 49.5 Å². The summed E-state index contributed by atoms with van der Waals surface area (Å²) < 4.78 is 0. The lowest BCUT2D eigenvalue weighted by Gasteiger charge is -2.36. The first-order valence-electron chi connectivity index (χ1n) is 8.90. The van der Waals surface area contributed by atoms with E-state index in [1.807, 2.05) is 12.3 Å². The summed E-state index contributed by atoms with van der Waals surface area (Å²) in [6.45, 7) is 5.66. The highest BCUT2D eigenvalue weighted by Gasteiger charge is 2.24. The van der Waals surface area contributed by atoms with Crippen LogP contribution in [0.1, 0.15) is 23.4 Å². The molecule has 3 heterocycles. The molecule has 2 N–H and O–H groups in total. The van der Waals surface area contributed by atoms with E-state index in [2.05, 4.69) is 31.9 Å². The Morgan fingerprint density at radius 2 is 2.08 bits per heavy atom. The van der Waals surface area contributed by atoms with Gasteiger partial charge in [-0.1, -0.05) is 6.07 Å². The fourth-order valence-electron chi connectivity index (χ4n) is 3.82. The summed E-state index contributed by atoms with van der Waals surface area (Å²) in [5.74, 6) is 1.91. The molecule has 0 radical (unpaired) electrons. The first kappa shape index (κ1) is 15.8. The standard InChI is InChI=1S/C18H25N5S/c19-18-21-15-5-4-14(13-16(15)24-18)6-8-22-9-11-23(12-10-22)17-3-1-2-7-20-17/h1-3,7,14H,4-6,8-13H2,(H2,19,21). The SMILES string of the molecule is Nc1nc2c(s1)CC(CCN1CCN(c3ccccn3)CC1)CC2. The monoisotopic (exact) mass is 343 g/mol. The number of nitrogens with zero attached hydrogens (tertiary/aromatic N) is 4. The van der Waals surface area contributed by atoms with Gasteiger partial charge in [0.2, 0.25) is 0 Å². The van der Waals surface area contributed by atoms with Gasteiger partial charge in [-0.15, -0.1) is 11.3 Å². The van der Waals surface area contributed by atoms with Crippen molar-refractivity contribution < 1.29 is 0 Å². The second kappa shape index (κ2) is 7.07. The quantitative estimate of drug-likeness (QED) is 0.924. The largest absolute Gasteiger partial charge is 0.375 e. The van der Waals surface area contributed by atoms with Gasteiger partial charge >= 0.3 is 0 Å². The maximum absolute atomic E-state index is 5.85. The fourth-order valence-corrected chi connectivity index (χ4v) is 4.81. The number of nitrogens with two attached hydrogens (primary N) is 1. The van der Waals surface area contributed by atoms with E-state index in [4.69, 9.17) is 5.73 Å². The van der Waals surface area contributed by atoms with Gasteiger partial charge in [0.15, 0.2) is 5.13 Å². The van der Waals surface area contributed by atoms with Crippen molar-refractivity contribution in [2.75, 3.05) is 43.4 Å². The van der Waals surface area contributed by atoms with Gasteiger partial charge in [-0.25, -0.2) is 9.97 Å². The van der Waals surface area contributed by atoms with Crippen LogP contribution in [0, 0.1) is 5.92 Å². The van der Waals surface area contributed by atoms with Gasteiger partial charge in [0.05, 0.1) is 5.69 Å².